The molecule has 1 aliphatic carbocycles. The van der Waals surface area contributed by atoms with Crippen molar-refractivity contribution in [1.29, 1.82) is 0 Å². The number of hydrogen-bond donors (Lipinski definition) is 2. The molecule has 2 N–H and O–H groups in total. The second-order valence-corrected chi connectivity index (χ2v) is 4.83. The number of carbonyl (C=O) groups is 2. The summed E-state index contributed by atoms with van der Waals surface area (Å²) in [5, 5.41) is 18.0. The van der Waals surface area contributed by atoms with Crippen LogP contribution in [0.3, 0.4) is 0 Å². The van der Waals surface area contributed by atoms with Crippen molar-refractivity contribution in [2.24, 2.45) is 11.8 Å². The summed E-state index contributed by atoms with van der Waals surface area (Å²) in [6.45, 7) is 3.01. The molecule has 5 heteroatoms. The molecule has 1 fully saturated rings. The summed E-state index contributed by atoms with van der Waals surface area (Å²) < 4.78 is 0. The molecular formula is C13H23NO4. The summed E-state index contributed by atoms with van der Waals surface area (Å²) in [5.41, 5.74) is 0. The minimum atomic E-state index is -0.855. The zero-order valence-corrected chi connectivity index (χ0v) is 11.0. The van der Waals surface area contributed by atoms with Crippen LogP contribution in [0.4, 0.5) is 0 Å². The molecule has 1 saturated carbocycles. The Morgan fingerprint density at radius 1 is 1.22 bits per heavy atom. The maximum atomic E-state index is 12.3. The zero-order chi connectivity index (χ0) is 13.5. The van der Waals surface area contributed by atoms with Gasteiger partial charge in [-0.25, -0.2) is 0 Å². The predicted octanol–water partition coefficient (Wildman–Crippen LogP) is 1.11. The molecule has 0 aromatic rings. The maximum absolute atomic E-state index is 12.3. The zero-order valence-electron chi connectivity index (χ0n) is 11.0. The van der Waals surface area contributed by atoms with Crippen LogP contribution in [0, 0.1) is 11.8 Å². The first kappa shape index (κ1) is 15.0. The van der Waals surface area contributed by atoms with Crippen molar-refractivity contribution in [1.82, 2.24) is 4.90 Å². The fraction of sp³-hybridized carbons (Fsp3) is 0.846. The smallest absolute Gasteiger partial charge is 0.307 e. The standard InChI is InChI=1S/C13H23NO4/c1-2-14(8-5-9-15)12(16)10-6-3-4-7-11(10)13(17)18/h10-11,15H,2-9H2,1H3,(H,17,18)/t10-,11+/m1/s1. The van der Waals surface area contributed by atoms with E-state index in [1.807, 2.05) is 6.92 Å². The van der Waals surface area contributed by atoms with Crippen LogP contribution in [-0.4, -0.2) is 46.7 Å². The number of carboxylic acid groups (broad SMARTS) is 1. The van der Waals surface area contributed by atoms with Crippen LogP contribution in [-0.2, 0) is 9.59 Å². The Balaban J connectivity index is 2.68. The number of hydrogen-bond acceptors (Lipinski definition) is 3. The molecule has 1 amide bonds. The van der Waals surface area contributed by atoms with Gasteiger partial charge in [-0.3, -0.25) is 9.59 Å². The van der Waals surface area contributed by atoms with Gasteiger partial charge in [0.05, 0.1) is 11.8 Å². The molecule has 0 bridgehead atoms. The SMILES string of the molecule is CCN(CCCO)C(=O)[C@@H]1CCCC[C@@H]1C(=O)O. The number of aliphatic hydroxyl groups is 1. The quantitative estimate of drug-likeness (QED) is 0.747. The van der Waals surface area contributed by atoms with Gasteiger partial charge in [0.15, 0.2) is 0 Å². The Kier molecular flexibility index (Phi) is 6.12. The van der Waals surface area contributed by atoms with Gasteiger partial charge >= 0.3 is 5.97 Å². The number of amides is 1. The Hall–Kier alpha value is -1.10. The first-order valence-electron chi connectivity index (χ1n) is 6.74. The topological polar surface area (TPSA) is 77.8 Å². The Morgan fingerprint density at radius 2 is 1.83 bits per heavy atom. The van der Waals surface area contributed by atoms with Gasteiger partial charge in [0.1, 0.15) is 0 Å². The van der Waals surface area contributed by atoms with Crippen LogP contribution in [0.5, 0.6) is 0 Å². The molecule has 5 nitrogen and oxygen atoms in total. The fourth-order valence-electron chi connectivity index (χ4n) is 2.64. The summed E-state index contributed by atoms with van der Waals surface area (Å²) in [6.07, 6.45) is 3.64. The molecule has 0 heterocycles. The highest BCUT2D eigenvalue weighted by Crippen LogP contribution is 2.31. The van der Waals surface area contributed by atoms with Gasteiger partial charge in [0, 0.05) is 19.7 Å². The number of nitrogens with zero attached hydrogens (tertiary/aromatic N) is 1. The molecule has 104 valence electrons. The molecule has 0 aromatic carbocycles. The van der Waals surface area contributed by atoms with Gasteiger partial charge in [-0.15, -0.1) is 0 Å². The average molecular weight is 257 g/mol. The summed E-state index contributed by atoms with van der Waals surface area (Å²) in [5.74, 6) is -1.83. The van der Waals surface area contributed by atoms with Crippen LogP contribution in [0.2, 0.25) is 0 Å². The average Bonchev–Trinajstić information content (AvgIpc) is 2.39. The van der Waals surface area contributed by atoms with Crippen molar-refractivity contribution < 1.29 is 19.8 Å². The van der Waals surface area contributed by atoms with Gasteiger partial charge in [-0.2, -0.15) is 0 Å². The van der Waals surface area contributed by atoms with E-state index in [2.05, 4.69) is 0 Å². The van der Waals surface area contributed by atoms with Gasteiger partial charge in [0.2, 0.25) is 5.91 Å². The van der Waals surface area contributed by atoms with Crippen molar-refractivity contribution in [2.45, 2.75) is 39.0 Å². The predicted molar refractivity (Wildman–Crippen MR) is 67.0 cm³/mol. The van der Waals surface area contributed by atoms with E-state index in [1.165, 1.54) is 0 Å². The molecule has 0 saturated heterocycles. The van der Waals surface area contributed by atoms with E-state index in [1.54, 1.807) is 4.90 Å². The summed E-state index contributed by atoms with van der Waals surface area (Å²) in [6, 6.07) is 0. The second kappa shape index (κ2) is 7.36. The summed E-state index contributed by atoms with van der Waals surface area (Å²) >= 11 is 0. The molecule has 0 aliphatic heterocycles. The van der Waals surface area contributed by atoms with Crippen LogP contribution in [0.25, 0.3) is 0 Å². The number of carboxylic acids is 1. The molecule has 0 unspecified atom stereocenters. The third-order valence-corrected chi connectivity index (χ3v) is 3.68. The lowest BCUT2D eigenvalue weighted by Crippen LogP contribution is -2.43. The van der Waals surface area contributed by atoms with Crippen molar-refractivity contribution >= 4 is 11.9 Å². The van der Waals surface area contributed by atoms with Crippen molar-refractivity contribution in [2.75, 3.05) is 19.7 Å². The third kappa shape index (κ3) is 3.70. The lowest BCUT2D eigenvalue weighted by molar-refractivity contribution is -0.152. The number of aliphatic hydroxyl groups excluding tert-OH is 1. The molecule has 18 heavy (non-hydrogen) atoms. The summed E-state index contributed by atoms with van der Waals surface area (Å²) in [7, 11) is 0. The molecule has 1 aliphatic rings. The Labute approximate surface area is 108 Å². The van der Waals surface area contributed by atoms with Crippen LogP contribution in [0.1, 0.15) is 39.0 Å². The Morgan fingerprint density at radius 3 is 2.33 bits per heavy atom. The largest absolute Gasteiger partial charge is 0.481 e. The van der Waals surface area contributed by atoms with E-state index in [0.717, 1.165) is 12.8 Å². The maximum Gasteiger partial charge on any atom is 0.307 e. The highest BCUT2D eigenvalue weighted by molar-refractivity contribution is 5.85. The highest BCUT2D eigenvalue weighted by atomic mass is 16.4. The monoisotopic (exact) mass is 257 g/mol. The van der Waals surface area contributed by atoms with Crippen molar-refractivity contribution in [3.63, 3.8) is 0 Å². The van der Waals surface area contributed by atoms with Crippen LogP contribution >= 0.6 is 0 Å². The minimum Gasteiger partial charge on any atom is -0.481 e. The molecule has 1 rings (SSSR count). The summed E-state index contributed by atoms with van der Waals surface area (Å²) in [4.78, 5) is 25.2. The normalized spacial score (nSPS) is 23.7. The fourth-order valence-corrected chi connectivity index (χ4v) is 2.64. The second-order valence-electron chi connectivity index (χ2n) is 4.83. The Bertz CT molecular complexity index is 293. The lowest BCUT2D eigenvalue weighted by Gasteiger charge is -2.32. The van der Waals surface area contributed by atoms with E-state index in [-0.39, 0.29) is 18.4 Å². The first-order valence-corrected chi connectivity index (χ1v) is 6.74. The third-order valence-electron chi connectivity index (χ3n) is 3.68. The molecular weight excluding hydrogens is 234 g/mol. The van der Waals surface area contributed by atoms with E-state index in [9.17, 15) is 14.7 Å². The van der Waals surface area contributed by atoms with Gasteiger partial charge in [-0.05, 0) is 26.2 Å². The van der Waals surface area contributed by atoms with Crippen LogP contribution < -0.4 is 0 Å². The van der Waals surface area contributed by atoms with Crippen molar-refractivity contribution in [3.05, 3.63) is 0 Å². The van der Waals surface area contributed by atoms with Gasteiger partial charge < -0.3 is 15.1 Å². The minimum absolute atomic E-state index is 0.0524. The van der Waals surface area contributed by atoms with Crippen molar-refractivity contribution in [3.8, 4) is 0 Å². The molecule has 0 aromatic heterocycles. The van der Waals surface area contributed by atoms with Gasteiger partial charge in [0.25, 0.3) is 0 Å². The van der Waals surface area contributed by atoms with Crippen LogP contribution in [0.15, 0.2) is 0 Å². The van der Waals surface area contributed by atoms with Gasteiger partial charge in [-0.1, -0.05) is 12.8 Å². The molecule has 0 radical (unpaired) electrons. The number of rotatable bonds is 6. The highest BCUT2D eigenvalue weighted by Gasteiger charge is 2.37. The van der Waals surface area contributed by atoms with E-state index < -0.39 is 11.9 Å². The molecule has 0 spiro atoms. The molecule has 2 atom stereocenters. The van der Waals surface area contributed by atoms with E-state index in [0.29, 0.717) is 32.4 Å². The first-order chi connectivity index (χ1) is 8.61. The number of carbonyl (C=O) groups excluding carboxylic acids is 1. The number of aliphatic carboxylic acids is 1. The van der Waals surface area contributed by atoms with E-state index >= 15 is 0 Å². The van der Waals surface area contributed by atoms with E-state index in [4.69, 9.17) is 5.11 Å². The lowest BCUT2D eigenvalue weighted by atomic mass is 9.78.